The Labute approximate surface area is 64.6 Å². The van der Waals surface area contributed by atoms with Crippen molar-refractivity contribution in [1.29, 1.82) is 0 Å². The number of hydrogen-bond acceptors (Lipinski definition) is 3. The minimum Gasteiger partial charge on any atom is -0.259 e. The predicted octanol–water partition coefficient (Wildman–Crippen LogP) is 2.12. The van der Waals surface area contributed by atoms with E-state index in [0.717, 1.165) is 11.4 Å². The standard InChI is InChI=1S/C7H6N2S/c1-6-7(9-5-10)3-2-4-8-6/h2-4H,1H3. The molecular weight excluding hydrogens is 144 g/mol. The van der Waals surface area contributed by atoms with Gasteiger partial charge in [-0.2, -0.15) is 4.99 Å². The van der Waals surface area contributed by atoms with E-state index in [1.54, 1.807) is 6.20 Å². The highest BCUT2D eigenvalue weighted by Gasteiger charge is 1.91. The minimum absolute atomic E-state index is 0.789. The lowest BCUT2D eigenvalue weighted by Gasteiger charge is -1.92. The van der Waals surface area contributed by atoms with Gasteiger partial charge in [-0.05, 0) is 31.3 Å². The summed E-state index contributed by atoms with van der Waals surface area (Å²) in [5.41, 5.74) is 1.66. The van der Waals surface area contributed by atoms with Crippen molar-refractivity contribution >= 4 is 23.1 Å². The van der Waals surface area contributed by atoms with E-state index in [2.05, 4.69) is 27.4 Å². The monoisotopic (exact) mass is 150 g/mol. The Morgan fingerprint density at radius 2 is 2.50 bits per heavy atom. The van der Waals surface area contributed by atoms with Crippen LogP contribution in [0.3, 0.4) is 0 Å². The molecule has 1 rings (SSSR count). The van der Waals surface area contributed by atoms with E-state index in [-0.39, 0.29) is 0 Å². The predicted molar refractivity (Wildman–Crippen MR) is 43.7 cm³/mol. The normalized spacial score (nSPS) is 8.50. The van der Waals surface area contributed by atoms with Crippen LogP contribution >= 0.6 is 12.2 Å². The van der Waals surface area contributed by atoms with Gasteiger partial charge in [0.1, 0.15) is 0 Å². The van der Waals surface area contributed by atoms with Crippen molar-refractivity contribution in [2.24, 2.45) is 4.99 Å². The first kappa shape index (κ1) is 7.06. The van der Waals surface area contributed by atoms with Crippen molar-refractivity contribution in [3.8, 4) is 0 Å². The van der Waals surface area contributed by atoms with Crippen LogP contribution in [-0.2, 0) is 0 Å². The summed E-state index contributed by atoms with van der Waals surface area (Å²) in [5, 5.41) is 2.29. The molecule has 0 atom stereocenters. The van der Waals surface area contributed by atoms with Crippen LogP contribution in [-0.4, -0.2) is 10.1 Å². The first-order valence-electron chi connectivity index (χ1n) is 2.84. The summed E-state index contributed by atoms with van der Waals surface area (Å²) in [4.78, 5) is 7.83. The molecule has 0 unspecified atom stereocenters. The molecule has 2 nitrogen and oxygen atoms in total. The van der Waals surface area contributed by atoms with Crippen LogP contribution in [0.25, 0.3) is 0 Å². The lowest BCUT2D eigenvalue weighted by molar-refractivity contribution is 1.19. The average Bonchev–Trinajstić information content (AvgIpc) is 1.94. The molecule has 0 aliphatic rings. The third kappa shape index (κ3) is 1.47. The number of hydrogen-bond donors (Lipinski definition) is 0. The molecule has 0 aliphatic heterocycles. The number of rotatable bonds is 1. The van der Waals surface area contributed by atoms with Crippen molar-refractivity contribution in [2.45, 2.75) is 6.92 Å². The van der Waals surface area contributed by atoms with Crippen LogP contribution < -0.4 is 0 Å². The molecule has 0 aromatic carbocycles. The van der Waals surface area contributed by atoms with Gasteiger partial charge in [0.2, 0.25) is 0 Å². The molecule has 0 saturated heterocycles. The van der Waals surface area contributed by atoms with E-state index >= 15 is 0 Å². The molecule has 0 aliphatic carbocycles. The average molecular weight is 150 g/mol. The van der Waals surface area contributed by atoms with Gasteiger partial charge in [-0.3, -0.25) is 4.98 Å². The minimum atomic E-state index is 0.789. The molecule has 1 aromatic heterocycles. The number of isothiocyanates is 1. The van der Waals surface area contributed by atoms with E-state index in [1.165, 1.54) is 0 Å². The summed E-state index contributed by atoms with van der Waals surface area (Å²) >= 11 is 4.45. The SMILES string of the molecule is Cc1ncccc1N=C=S. The first-order chi connectivity index (χ1) is 4.84. The quantitative estimate of drug-likeness (QED) is 0.452. The van der Waals surface area contributed by atoms with Crippen LogP contribution in [0, 0.1) is 6.92 Å². The van der Waals surface area contributed by atoms with Crippen LogP contribution in [0.2, 0.25) is 0 Å². The summed E-state index contributed by atoms with van der Waals surface area (Å²) < 4.78 is 0. The molecular formula is C7H6N2S. The zero-order valence-corrected chi connectivity index (χ0v) is 6.35. The molecule has 10 heavy (non-hydrogen) atoms. The maximum absolute atomic E-state index is 4.45. The maximum Gasteiger partial charge on any atom is 0.0951 e. The summed E-state index contributed by atoms with van der Waals surface area (Å²) in [6.07, 6.45) is 1.72. The van der Waals surface area contributed by atoms with Crippen molar-refractivity contribution in [2.75, 3.05) is 0 Å². The lowest BCUT2D eigenvalue weighted by atomic mass is 10.3. The highest BCUT2D eigenvalue weighted by atomic mass is 32.1. The Bertz CT molecular complexity index is 277. The zero-order chi connectivity index (χ0) is 7.40. The van der Waals surface area contributed by atoms with Crippen LogP contribution in [0.5, 0.6) is 0 Å². The fourth-order valence-corrected chi connectivity index (χ4v) is 0.741. The molecule has 50 valence electrons. The van der Waals surface area contributed by atoms with Crippen molar-refractivity contribution in [3.63, 3.8) is 0 Å². The number of aromatic nitrogens is 1. The van der Waals surface area contributed by atoms with Gasteiger partial charge in [0.15, 0.2) is 0 Å². The molecule has 0 N–H and O–H groups in total. The van der Waals surface area contributed by atoms with Crippen molar-refractivity contribution in [3.05, 3.63) is 24.0 Å². The second-order valence-electron chi connectivity index (χ2n) is 1.81. The van der Waals surface area contributed by atoms with Gasteiger partial charge in [0, 0.05) is 6.20 Å². The largest absolute Gasteiger partial charge is 0.259 e. The van der Waals surface area contributed by atoms with Gasteiger partial charge in [0.05, 0.1) is 16.5 Å². The van der Waals surface area contributed by atoms with Crippen molar-refractivity contribution in [1.82, 2.24) is 4.98 Å². The smallest absolute Gasteiger partial charge is 0.0951 e. The Kier molecular flexibility index (Phi) is 2.26. The summed E-state index contributed by atoms with van der Waals surface area (Å²) in [7, 11) is 0. The Morgan fingerprint density at radius 1 is 1.70 bits per heavy atom. The van der Waals surface area contributed by atoms with E-state index in [9.17, 15) is 0 Å². The van der Waals surface area contributed by atoms with Gasteiger partial charge in [-0.15, -0.1) is 0 Å². The van der Waals surface area contributed by atoms with E-state index in [4.69, 9.17) is 0 Å². The number of aliphatic imine (C=N–C) groups is 1. The fraction of sp³-hybridized carbons (Fsp3) is 0.143. The second-order valence-corrected chi connectivity index (χ2v) is 1.99. The van der Waals surface area contributed by atoms with Gasteiger partial charge < -0.3 is 0 Å². The summed E-state index contributed by atoms with van der Waals surface area (Å²) in [6, 6.07) is 3.67. The second kappa shape index (κ2) is 3.20. The Morgan fingerprint density at radius 3 is 3.10 bits per heavy atom. The van der Waals surface area contributed by atoms with Gasteiger partial charge in [-0.1, -0.05) is 0 Å². The first-order valence-corrected chi connectivity index (χ1v) is 3.25. The highest BCUT2D eigenvalue weighted by molar-refractivity contribution is 7.78. The molecule has 0 spiro atoms. The summed E-state index contributed by atoms with van der Waals surface area (Å²) in [5.74, 6) is 0. The Balaban J connectivity index is 3.14. The fourth-order valence-electron chi connectivity index (χ4n) is 0.643. The highest BCUT2D eigenvalue weighted by Crippen LogP contribution is 2.12. The number of nitrogens with zero attached hydrogens (tertiary/aromatic N) is 2. The van der Waals surface area contributed by atoms with Crippen LogP contribution in [0.1, 0.15) is 5.69 Å². The molecule has 0 radical (unpaired) electrons. The summed E-state index contributed by atoms with van der Waals surface area (Å²) in [6.45, 7) is 1.88. The van der Waals surface area contributed by atoms with Crippen molar-refractivity contribution < 1.29 is 0 Å². The number of pyridine rings is 1. The van der Waals surface area contributed by atoms with Crippen LogP contribution in [0.4, 0.5) is 5.69 Å². The third-order valence-electron chi connectivity index (χ3n) is 1.15. The molecule has 0 fully saturated rings. The van der Waals surface area contributed by atoms with E-state index < -0.39 is 0 Å². The molecule has 1 heterocycles. The van der Waals surface area contributed by atoms with Gasteiger partial charge in [0.25, 0.3) is 0 Å². The third-order valence-corrected chi connectivity index (χ3v) is 1.24. The molecule has 0 saturated carbocycles. The van der Waals surface area contributed by atoms with Crippen LogP contribution in [0.15, 0.2) is 23.3 Å². The lowest BCUT2D eigenvalue weighted by Crippen LogP contribution is -1.77. The Hall–Kier alpha value is -1.05. The van der Waals surface area contributed by atoms with Gasteiger partial charge >= 0.3 is 0 Å². The topological polar surface area (TPSA) is 25.2 Å². The number of thiocarbonyl (C=S) groups is 1. The molecule has 0 amide bonds. The molecule has 1 aromatic rings. The molecule has 0 bridgehead atoms. The van der Waals surface area contributed by atoms with Gasteiger partial charge in [-0.25, -0.2) is 0 Å². The van der Waals surface area contributed by atoms with E-state index in [1.807, 2.05) is 19.1 Å². The molecule has 3 heteroatoms. The zero-order valence-electron chi connectivity index (χ0n) is 5.53. The van der Waals surface area contributed by atoms with E-state index in [0.29, 0.717) is 0 Å². The number of aryl methyl sites for hydroxylation is 1. The maximum atomic E-state index is 4.45.